The Labute approximate surface area is 139 Å². The van der Waals surface area contributed by atoms with Crippen LogP contribution in [0.15, 0.2) is 18.2 Å². The Morgan fingerprint density at radius 3 is 2.46 bits per heavy atom. The zero-order valence-corrected chi connectivity index (χ0v) is 14.7. The summed E-state index contributed by atoms with van der Waals surface area (Å²) in [5.74, 6) is -1.07. The maximum atomic E-state index is 12.9. The van der Waals surface area contributed by atoms with Crippen molar-refractivity contribution in [1.82, 2.24) is 9.78 Å². The SMILES string of the molecule is CCOP(=O)(OCC)c1ccc2c(C(C)O)nn(CC(=O)O)c2c1. The van der Waals surface area contributed by atoms with E-state index in [0.717, 1.165) is 0 Å². The first-order valence-corrected chi connectivity index (χ1v) is 9.16. The Balaban J connectivity index is 2.63. The molecule has 1 unspecified atom stereocenters. The lowest BCUT2D eigenvalue weighted by Crippen LogP contribution is -2.13. The van der Waals surface area contributed by atoms with Crippen LogP contribution in [0.5, 0.6) is 0 Å². The molecule has 0 saturated heterocycles. The van der Waals surface area contributed by atoms with E-state index in [1.807, 2.05) is 0 Å². The van der Waals surface area contributed by atoms with Gasteiger partial charge >= 0.3 is 13.6 Å². The molecule has 8 nitrogen and oxygen atoms in total. The van der Waals surface area contributed by atoms with E-state index in [1.165, 1.54) is 4.68 Å². The van der Waals surface area contributed by atoms with E-state index < -0.39 is 19.7 Å². The Hall–Kier alpha value is -1.73. The highest BCUT2D eigenvalue weighted by atomic mass is 31.2. The van der Waals surface area contributed by atoms with Gasteiger partial charge in [0.15, 0.2) is 0 Å². The molecule has 0 spiro atoms. The van der Waals surface area contributed by atoms with Crippen LogP contribution in [-0.2, 0) is 25.0 Å². The molecule has 0 amide bonds. The van der Waals surface area contributed by atoms with Crippen molar-refractivity contribution < 1.29 is 28.6 Å². The lowest BCUT2D eigenvalue weighted by molar-refractivity contribution is -0.137. The van der Waals surface area contributed by atoms with Gasteiger partial charge < -0.3 is 19.3 Å². The number of fused-ring (bicyclic) bond motifs is 1. The van der Waals surface area contributed by atoms with Gasteiger partial charge in [-0.15, -0.1) is 0 Å². The quantitative estimate of drug-likeness (QED) is 0.697. The number of hydrogen-bond acceptors (Lipinski definition) is 6. The van der Waals surface area contributed by atoms with Gasteiger partial charge in [-0.05, 0) is 39.0 Å². The Kier molecular flexibility index (Phi) is 5.77. The minimum atomic E-state index is -3.50. The highest BCUT2D eigenvalue weighted by Crippen LogP contribution is 2.47. The largest absolute Gasteiger partial charge is 0.480 e. The van der Waals surface area contributed by atoms with Gasteiger partial charge in [0.2, 0.25) is 0 Å². The summed E-state index contributed by atoms with van der Waals surface area (Å²) in [6.07, 6.45) is -0.862. The van der Waals surface area contributed by atoms with Crippen LogP contribution in [0, 0.1) is 0 Å². The average molecular weight is 356 g/mol. The van der Waals surface area contributed by atoms with Crippen molar-refractivity contribution in [3.63, 3.8) is 0 Å². The van der Waals surface area contributed by atoms with Crippen LogP contribution in [0.4, 0.5) is 0 Å². The lowest BCUT2D eigenvalue weighted by atomic mass is 10.1. The van der Waals surface area contributed by atoms with E-state index in [0.29, 0.717) is 21.9 Å². The molecule has 132 valence electrons. The van der Waals surface area contributed by atoms with Crippen LogP contribution in [-0.4, -0.2) is 39.2 Å². The fraction of sp³-hybridized carbons (Fsp3) is 0.467. The summed E-state index contributed by atoms with van der Waals surface area (Å²) in [6.45, 7) is 5.02. The number of aliphatic hydroxyl groups excluding tert-OH is 1. The Bertz CT molecular complexity index is 776. The standard InChI is InChI=1S/C15H21N2O6P/c1-4-22-24(21,23-5-2)11-6-7-12-13(8-11)17(9-14(19)20)16-15(12)10(3)18/h6-8,10,18H,4-5,9H2,1-3H3,(H,19,20). The number of carboxylic acids is 1. The van der Waals surface area contributed by atoms with Crippen molar-refractivity contribution in [2.24, 2.45) is 0 Å². The van der Waals surface area contributed by atoms with Crippen molar-refractivity contribution in [3.05, 3.63) is 23.9 Å². The van der Waals surface area contributed by atoms with E-state index in [4.69, 9.17) is 14.2 Å². The second-order valence-electron chi connectivity index (χ2n) is 5.15. The molecule has 2 rings (SSSR count). The first-order valence-electron chi connectivity index (χ1n) is 7.62. The predicted molar refractivity (Wildman–Crippen MR) is 88.5 cm³/mol. The Morgan fingerprint density at radius 1 is 1.33 bits per heavy atom. The van der Waals surface area contributed by atoms with E-state index in [1.54, 1.807) is 39.0 Å². The summed E-state index contributed by atoms with van der Waals surface area (Å²) < 4.78 is 24.8. The van der Waals surface area contributed by atoms with Crippen molar-refractivity contribution in [1.29, 1.82) is 0 Å². The zero-order chi connectivity index (χ0) is 17.9. The molecule has 0 radical (unpaired) electrons. The van der Waals surface area contributed by atoms with Crippen LogP contribution in [0.2, 0.25) is 0 Å². The molecule has 24 heavy (non-hydrogen) atoms. The fourth-order valence-corrected chi connectivity index (χ4v) is 4.03. The molecule has 0 fully saturated rings. The molecule has 1 heterocycles. The van der Waals surface area contributed by atoms with Gasteiger partial charge in [0.25, 0.3) is 0 Å². The van der Waals surface area contributed by atoms with Gasteiger partial charge in [-0.2, -0.15) is 5.10 Å². The summed E-state index contributed by atoms with van der Waals surface area (Å²) in [4.78, 5) is 11.1. The minimum Gasteiger partial charge on any atom is -0.480 e. The summed E-state index contributed by atoms with van der Waals surface area (Å²) in [6, 6.07) is 4.78. The third-order valence-electron chi connectivity index (χ3n) is 3.36. The number of aliphatic carboxylic acids is 1. The van der Waals surface area contributed by atoms with Crippen LogP contribution in [0.3, 0.4) is 0 Å². The topological polar surface area (TPSA) is 111 Å². The smallest absolute Gasteiger partial charge is 0.361 e. The third kappa shape index (κ3) is 3.67. The van der Waals surface area contributed by atoms with E-state index >= 15 is 0 Å². The summed E-state index contributed by atoms with van der Waals surface area (Å²) in [7, 11) is -3.50. The first kappa shape index (κ1) is 18.6. The second-order valence-corrected chi connectivity index (χ2v) is 7.17. The van der Waals surface area contributed by atoms with E-state index in [-0.39, 0.29) is 19.8 Å². The molecule has 0 aliphatic heterocycles. The molecule has 0 aliphatic carbocycles. The average Bonchev–Trinajstić information content (AvgIpc) is 2.85. The number of aromatic nitrogens is 2. The summed E-state index contributed by atoms with van der Waals surface area (Å²) >= 11 is 0. The van der Waals surface area contributed by atoms with Crippen molar-refractivity contribution >= 4 is 29.8 Å². The van der Waals surface area contributed by atoms with Gasteiger partial charge in [0.1, 0.15) is 6.54 Å². The summed E-state index contributed by atoms with van der Waals surface area (Å²) in [5, 5.41) is 24.0. The van der Waals surface area contributed by atoms with Crippen LogP contribution in [0.25, 0.3) is 10.9 Å². The second kappa shape index (κ2) is 7.44. The monoisotopic (exact) mass is 356 g/mol. The van der Waals surface area contributed by atoms with E-state index in [2.05, 4.69) is 5.10 Å². The maximum Gasteiger partial charge on any atom is 0.361 e. The van der Waals surface area contributed by atoms with Crippen LogP contribution in [0.1, 0.15) is 32.6 Å². The molecule has 1 aromatic carbocycles. The Morgan fingerprint density at radius 2 is 1.96 bits per heavy atom. The minimum absolute atomic E-state index is 0.211. The van der Waals surface area contributed by atoms with Gasteiger partial charge in [0.05, 0.1) is 35.8 Å². The van der Waals surface area contributed by atoms with Crippen molar-refractivity contribution in [3.8, 4) is 0 Å². The molecule has 0 aliphatic rings. The van der Waals surface area contributed by atoms with Gasteiger partial charge in [-0.25, -0.2) is 0 Å². The molecule has 1 aromatic heterocycles. The molecular weight excluding hydrogens is 335 g/mol. The van der Waals surface area contributed by atoms with Gasteiger partial charge in [-0.1, -0.05) is 0 Å². The third-order valence-corrected chi connectivity index (χ3v) is 5.47. The molecule has 9 heteroatoms. The molecule has 0 saturated carbocycles. The number of rotatable bonds is 8. The lowest BCUT2D eigenvalue weighted by Gasteiger charge is -2.17. The normalized spacial score (nSPS) is 13.3. The van der Waals surface area contributed by atoms with E-state index in [9.17, 15) is 14.5 Å². The fourth-order valence-electron chi connectivity index (χ4n) is 2.44. The molecular formula is C15H21N2O6P. The van der Waals surface area contributed by atoms with Crippen molar-refractivity contribution in [2.75, 3.05) is 13.2 Å². The molecule has 2 aromatic rings. The number of benzene rings is 1. The first-order chi connectivity index (χ1) is 11.3. The molecule has 2 N–H and O–H groups in total. The van der Waals surface area contributed by atoms with Crippen LogP contribution >= 0.6 is 7.60 Å². The summed E-state index contributed by atoms with van der Waals surface area (Å²) in [5.41, 5.74) is 0.811. The number of nitrogens with zero attached hydrogens (tertiary/aromatic N) is 2. The van der Waals surface area contributed by atoms with Crippen LogP contribution < -0.4 is 5.30 Å². The highest BCUT2D eigenvalue weighted by Gasteiger charge is 2.28. The number of aliphatic hydroxyl groups is 1. The predicted octanol–water partition coefficient (Wildman–Crippen LogP) is 2.07. The molecule has 1 atom stereocenters. The highest BCUT2D eigenvalue weighted by molar-refractivity contribution is 7.62. The number of carboxylic acid groups (broad SMARTS) is 1. The number of hydrogen-bond donors (Lipinski definition) is 2. The van der Waals surface area contributed by atoms with Crippen molar-refractivity contribution in [2.45, 2.75) is 33.4 Å². The number of carbonyl (C=O) groups is 1. The van der Waals surface area contributed by atoms with Gasteiger partial charge in [0, 0.05) is 5.39 Å². The molecule has 0 bridgehead atoms. The van der Waals surface area contributed by atoms with Gasteiger partial charge in [-0.3, -0.25) is 14.0 Å². The zero-order valence-electron chi connectivity index (χ0n) is 13.8. The maximum absolute atomic E-state index is 12.9.